The van der Waals surface area contributed by atoms with Crippen LogP contribution in [0.4, 0.5) is 0 Å². The van der Waals surface area contributed by atoms with Gasteiger partial charge in [-0.25, -0.2) is 0 Å². The molecule has 0 unspecified atom stereocenters. The summed E-state index contributed by atoms with van der Waals surface area (Å²) in [5, 5.41) is 3.38. The molecule has 0 atom stereocenters. The van der Waals surface area contributed by atoms with Crippen LogP contribution < -0.4 is 5.32 Å². The van der Waals surface area contributed by atoms with Gasteiger partial charge >= 0.3 is 0 Å². The first-order chi connectivity index (χ1) is 5.79. The van der Waals surface area contributed by atoms with E-state index in [1.54, 1.807) is 0 Å². The van der Waals surface area contributed by atoms with Crippen LogP contribution in [-0.2, 0) is 0 Å². The molecule has 0 amide bonds. The molecule has 0 bridgehead atoms. The van der Waals surface area contributed by atoms with E-state index in [0.717, 1.165) is 25.9 Å². The Kier molecular flexibility index (Phi) is 3.48. The first-order valence-corrected chi connectivity index (χ1v) is 4.65. The lowest BCUT2D eigenvalue weighted by Crippen LogP contribution is -2.31. The Morgan fingerprint density at radius 2 is 2.33 bits per heavy atom. The first-order valence-electron chi connectivity index (χ1n) is 4.65. The number of piperidine rings is 1. The molecule has 1 rings (SSSR count). The van der Waals surface area contributed by atoms with Gasteiger partial charge in [-0.05, 0) is 18.9 Å². The molecule has 68 valence electrons. The van der Waals surface area contributed by atoms with Crippen LogP contribution in [0.2, 0.25) is 0 Å². The SMILES string of the molecule is CC/C(C)=C1\CNCC\C1=N\C. The lowest BCUT2D eigenvalue weighted by molar-refractivity contribution is 0.722. The van der Waals surface area contributed by atoms with Gasteiger partial charge in [-0.2, -0.15) is 0 Å². The second kappa shape index (κ2) is 4.41. The van der Waals surface area contributed by atoms with Crippen LogP contribution in [0.15, 0.2) is 16.1 Å². The summed E-state index contributed by atoms with van der Waals surface area (Å²) >= 11 is 0. The minimum absolute atomic E-state index is 1.01. The van der Waals surface area contributed by atoms with Crippen molar-refractivity contribution in [3.63, 3.8) is 0 Å². The highest BCUT2D eigenvalue weighted by atomic mass is 14.9. The molecule has 2 nitrogen and oxygen atoms in total. The van der Waals surface area contributed by atoms with E-state index in [-0.39, 0.29) is 0 Å². The van der Waals surface area contributed by atoms with Crippen LogP contribution in [0.25, 0.3) is 0 Å². The fourth-order valence-corrected chi connectivity index (χ4v) is 1.53. The van der Waals surface area contributed by atoms with Gasteiger partial charge in [0.1, 0.15) is 0 Å². The molecule has 1 fully saturated rings. The third kappa shape index (κ3) is 1.95. The van der Waals surface area contributed by atoms with Crippen LogP contribution in [0.5, 0.6) is 0 Å². The molecule has 1 aliphatic rings. The van der Waals surface area contributed by atoms with Crippen molar-refractivity contribution in [1.29, 1.82) is 0 Å². The van der Waals surface area contributed by atoms with Crippen molar-refractivity contribution in [2.75, 3.05) is 20.1 Å². The largest absolute Gasteiger partial charge is 0.312 e. The predicted molar refractivity (Wildman–Crippen MR) is 53.8 cm³/mol. The van der Waals surface area contributed by atoms with E-state index in [0.29, 0.717) is 0 Å². The van der Waals surface area contributed by atoms with Crippen molar-refractivity contribution in [3.05, 3.63) is 11.1 Å². The highest BCUT2D eigenvalue weighted by Crippen LogP contribution is 2.13. The molecule has 0 saturated carbocycles. The molecule has 1 aliphatic heterocycles. The lowest BCUT2D eigenvalue weighted by atomic mass is 9.97. The highest BCUT2D eigenvalue weighted by Gasteiger charge is 2.13. The Morgan fingerprint density at radius 1 is 1.58 bits per heavy atom. The van der Waals surface area contributed by atoms with Crippen LogP contribution >= 0.6 is 0 Å². The molecule has 1 saturated heterocycles. The van der Waals surface area contributed by atoms with Gasteiger partial charge in [-0.1, -0.05) is 12.5 Å². The van der Waals surface area contributed by atoms with Crippen LogP contribution in [0, 0.1) is 0 Å². The molecule has 0 aliphatic carbocycles. The normalized spacial score (nSPS) is 26.1. The van der Waals surface area contributed by atoms with E-state index in [9.17, 15) is 0 Å². The van der Waals surface area contributed by atoms with E-state index in [4.69, 9.17) is 0 Å². The Bertz CT molecular complexity index is 211. The van der Waals surface area contributed by atoms with Crippen molar-refractivity contribution >= 4 is 5.71 Å². The number of aliphatic imine (C=N–C) groups is 1. The van der Waals surface area contributed by atoms with Gasteiger partial charge in [0.15, 0.2) is 0 Å². The summed E-state index contributed by atoms with van der Waals surface area (Å²) in [4.78, 5) is 4.32. The molecule has 0 spiro atoms. The van der Waals surface area contributed by atoms with Crippen LogP contribution in [0.3, 0.4) is 0 Å². The summed E-state index contributed by atoms with van der Waals surface area (Å²) in [6.07, 6.45) is 2.22. The third-order valence-corrected chi connectivity index (χ3v) is 2.50. The summed E-state index contributed by atoms with van der Waals surface area (Å²) < 4.78 is 0. The summed E-state index contributed by atoms with van der Waals surface area (Å²) in [5.74, 6) is 0. The maximum absolute atomic E-state index is 4.32. The molecular weight excluding hydrogens is 148 g/mol. The smallest absolute Gasteiger partial charge is 0.0401 e. The Morgan fingerprint density at radius 3 is 2.92 bits per heavy atom. The zero-order valence-corrected chi connectivity index (χ0v) is 8.28. The number of allylic oxidation sites excluding steroid dienone is 1. The van der Waals surface area contributed by atoms with Gasteiger partial charge in [-0.3, -0.25) is 4.99 Å². The number of nitrogens with one attached hydrogen (secondary N) is 1. The number of nitrogens with zero attached hydrogens (tertiary/aromatic N) is 1. The zero-order valence-electron chi connectivity index (χ0n) is 8.28. The zero-order chi connectivity index (χ0) is 8.97. The summed E-state index contributed by atoms with van der Waals surface area (Å²) in [7, 11) is 1.89. The number of hydrogen-bond donors (Lipinski definition) is 1. The monoisotopic (exact) mass is 166 g/mol. The summed E-state index contributed by atoms with van der Waals surface area (Å²) in [5.41, 5.74) is 4.21. The van der Waals surface area contributed by atoms with E-state index >= 15 is 0 Å². The molecule has 12 heavy (non-hydrogen) atoms. The Hall–Kier alpha value is -0.630. The highest BCUT2D eigenvalue weighted by molar-refractivity contribution is 6.01. The topological polar surface area (TPSA) is 24.4 Å². The van der Waals surface area contributed by atoms with Crippen molar-refractivity contribution < 1.29 is 0 Å². The van der Waals surface area contributed by atoms with Gasteiger partial charge in [0.25, 0.3) is 0 Å². The fraction of sp³-hybridized carbons (Fsp3) is 0.700. The molecule has 0 aromatic rings. The average molecular weight is 166 g/mol. The Labute approximate surface area is 74.8 Å². The van der Waals surface area contributed by atoms with E-state index in [1.807, 2.05) is 7.05 Å². The fourth-order valence-electron chi connectivity index (χ4n) is 1.53. The number of rotatable bonds is 1. The Balaban J connectivity index is 2.85. The van der Waals surface area contributed by atoms with Crippen LogP contribution in [0.1, 0.15) is 26.7 Å². The van der Waals surface area contributed by atoms with Crippen molar-refractivity contribution in [1.82, 2.24) is 5.32 Å². The molecule has 0 aromatic carbocycles. The quantitative estimate of drug-likeness (QED) is 0.631. The molecule has 1 N–H and O–H groups in total. The average Bonchev–Trinajstić information content (AvgIpc) is 2.16. The van der Waals surface area contributed by atoms with Gasteiger partial charge in [0.2, 0.25) is 0 Å². The lowest BCUT2D eigenvalue weighted by Gasteiger charge is -2.20. The summed E-state index contributed by atoms with van der Waals surface area (Å²) in [6.45, 7) is 6.48. The molecule has 1 heterocycles. The predicted octanol–water partition coefficient (Wildman–Crippen LogP) is 1.78. The minimum atomic E-state index is 1.01. The standard InChI is InChI=1S/C10H18N2/c1-4-8(2)9-7-12-6-5-10(9)11-3/h12H,4-7H2,1-3H3/b9-8+,11-10-. The van der Waals surface area contributed by atoms with Gasteiger partial charge in [0, 0.05) is 32.3 Å². The van der Waals surface area contributed by atoms with Crippen molar-refractivity contribution in [2.24, 2.45) is 4.99 Å². The summed E-state index contributed by atoms with van der Waals surface area (Å²) in [6, 6.07) is 0. The molecule has 0 radical (unpaired) electrons. The van der Waals surface area contributed by atoms with E-state index in [2.05, 4.69) is 24.2 Å². The maximum Gasteiger partial charge on any atom is 0.0401 e. The van der Waals surface area contributed by atoms with Gasteiger partial charge in [-0.15, -0.1) is 0 Å². The second-order valence-electron chi connectivity index (χ2n) is 3.21. The first kappa shape index (κ1) is 9.46. The minimum Gasteiger partial charge on any atom is -0.312 e. The van der Waals surface area contributed by atoms with Crippen molar-refractivity contribution in [2.45, 2.75) is 26.7 Å². The molecule has 2 heteroatoms. The van der Waals surface area contributed by atoms with Gasteiger partial charge in [0.05, 0.1) is 0 Å². The molecular formula is C10H18N2. The maximum atomic E-state index is 4.32. The number of hydrogen-bond acceptors (Lipinski definition) is 2. The van der Waals surface area contributed by atoms with E-state index < -0.39 is 0 Å². The van der Waals surface area contributed by atoms with Gasteiger partial charge < -0.3 is 5.32 Å². The second-order valence-corrected chi connectivity index (χ2v) is 3.21. The third-order valence-electron chi connectivity index (χ3n) is 2.50. The van der Waals surface area contributed by atoms with Crippen LogP contribution in [-0.4, -0.2) is 25.8 Å². The van der Waals surface area contributed by atoms with E-state index in [1.165, 1.54) is 16.9 Å². The molecule has 0 aromatic heterocycles. The van der Waals surface area contributed by atoms with Crippen molar-refractivity contribution in [3.8, 4) is 0 Å².